The van der Waals surface area contributed by atoms with Crippen LogP contribution in [0.4, 0.5) is 0 Å². The lowest BCUT2D eigenvalue weighted by molar-refractivity contribution is 0.0563. The third-order valence-corrected chi connectivity index (χ3v) is 4.33. The zero-order chi connectivity index (χ0) is 14.4. The van der Waals surface area contributed by atoms with Crippen molar-refractivity contribution < 1.29 is 13.9 Å². The fourth-order valence-electron chi connectivity index (χ4n) is 3.17. The summed E-state index contributed by atoms with van der Waals surface area (Å²) in [6.45, 7) is 2.89. The van der Waals surface area contributed by atoms with Gasteiger partial charge in [-0.25, -0.2) is 4.79 Å². The molecule has 0 amide bonds. The molecule has 1 aliphatic carbocycles. The van der Waals surface area contributed by atoms with Crippen molar-refractivity contribution in [2.24, 2.45) is 5.92 Å². The van der Waals surface area contributed by atoms with Crippen LogP contribution in [0, 0.1) is 5.92 Å². The largest absolute Gasteiger partial charge is 0.463 e. The van der Waals surface area contributed by atoms with E-state index in [1.807, 2.05) is 6.07 Å². The number of hydrogen-bond donors (Lipinski definition) is 1. The predicted molar refractivity (Wildman–Crippen MR) is 77.5 cm³/mol. The van der Waals surface area contributed by atoms with Gasteiger partial charge >= 0.3 is 5.97 Å². The fraction of sp³-hybridized carbons (Fsp3) is 0.688. The molecule has 20 heavy (non-hydrogen) atoms. The molecule has 0 radical (unpaired) electrons. The minimum atomic E-state index is -0.405. The summed E-state index contributed by atoms with van der Waals surface area (Å²) >= 11 is 0. The molecule has 1 heterocycles. The summed E-state index contributed by atoms with van der Waals surface area (Å²) in [6, 6.07) is 2.36. The van der Waals surface area contributed by atoms with E-state index in [0.29, 0.717) is 18.3 Å². The van der Waals surface area contributed by atoms with Gasteiger partial charge in [0, 0.05) is 18.2 Å². The Morgan fingerprint density at radius 2 is 2.20 bits per heavy atom. The predicted octanol–water partition coefficient (Wildman–Crippen LogP) is 3.51. The molecule has 0 aliphatic heterocycles. The zero-order valence-corrected chi connectivity index (χ0v) is 12.5. The number of carbonyl (C=O) groups is 1. The maximum Gasteiger partial charge on any atom is 0.374 e. The maximum atomic E-state index is 11.6. The normalized spacial score (nSPS) is 17.9. The first-order valence-corrected chi connectivity index (χ1v) is 7.64. The summed E-state index contributed by atoms with van der Waals surface area (Å²) < 4.78 is 9.94. The molecule has 1 N–H and O–H groups in total. The molecule has 1 fully saturated rings. The van der Waals surface area contributed by atoms with Gasteiger partial charge in [-0.05, 0) is 31.2 Å². The van der Waals surface area contributed by atoms with Crippen LogP contribution in [-0.4, -0.2) is 19.1 Å². The van der Waals surface area contributed by atoms with Gasteiger partial charge in [0.2, 0.25) is 5.76 Å². The van der Waals surface area contributed by atoms with Crippen molar-refractivity contribution in [3.8, 4) is 0 Å². The van der Waals surface area contributed by atoms with Gasteiger partial charge in [-0.1, -0.05) is 26.2 Å². The SMILES string of the molecule is CCC(NCc1ccoc1C(=O)OC)C1CCCCC1. The van der Waals surface area contributed by atoms with Gasteiger partial charge in [-0.2, -0.15) is 0 Å². The second kappa shape index (κ2) is 7.48. The molecular formula is C16H25NO3. The van der Waals surface area contributed by atoms with Gasteiger partial charge in [0.15, 0.2) is 0 Å². The lowest BCUT2D eigenvalue weighted by atomic mass is 9.83. The Bertz CT molecular complexity index is 421. The Morgan fingerprint density at radius 3 is 2.85 bits per heavy atom. The standard InChI is InChI=1S/C16H25NO3/c1-3-14(12-7-5-4-6-8-12)17-11-13-9-10-20-15(13)16(18)19-2/h9-10,12,14,17H,3-8,11H2,1-2H3. The summed E-state index contributed by atoms with van der Waals surface area (Å²) in [5.74, 6) is 0.679. The molecule has 0 bridgehead atoms. The Labute approximate surface area is 120 Å². The van der Waals surface area contributed by atoms with E-state index in [2.05, 4.69) is 12.2 Å². The Kier molecular flexibility index (Phi) is 5.65. The van der Waals surface area contributed by atoms with Gasteiger partial charge < -0.3 is 14.5 Å². The van der Waals surface area contributed by atoms with Crippen LogP contribution in [0.1, 0.15) is 61.6 Å². The highest BCUT2D eigenvalue weighted by molar-refractivity contribution is 5.87. The fourth-order valence-corrected chi connectivity index (χ4v) is 3.17. The van der Waals surface area contributed by atoms with Crippen molar-refractivity contribution in [3.05, 3.63) is 23.7 Å². The van der Waals surface area contributed by atoms with Crippen LogP contribution in [0.5, 0.6) is 0 Å². The first kappa shape index (κ1) is 15.1. The average molecular weight is 279 g/mol. The van der Waals surface area contributed by atoms with E-state index < -0.39 is 5.97 Å². The molecule has 4 nitrogen and oxygen atoms in total. The second-order valence-corrected chi connectivity index (χ2v) is 5.56. The highest BCUT2D eigenvalue weighted by atomic mass is 16.5. The van der Waals surface area contributed by atoms with Crippen LogP contribution in [0.2, 0.25) is 0 Å². The average Bonchev–Trinajstić information content (AvgIpc) is 2.96. The van der Waals surface area contributed by atoms with E-state index in [4.69, 9.17) is 9.15 Å². The number of methoxy groups -OCH3 is 1. The van der Waals surface area contributed by atoms with Gasteiger partial charge in [-0.3, -0.25) is 0 Å². The summed E-state index contributed by atoms with van der Waals surface area (Å²) in [4.78, 5) is 11.6. The topological polar surface area (TPSA) is 51.5 Å². The number of esters is 1. The molecule has 1 aromatic heterocycles. The van der Waals surface area contributed by atoms with Crippen LogP contribution < -0.4 is 5.32 Å². The van der Waals surface area contributed by atoms with Gasteiger partial charge in [0.25, 0.3) is 0 Å². The number of ether oxygens (including phenoxy) is 1. The summed E-state index contributed by atoms with van der Waals surface area (Å²) in [7, 11) is 1.37. The van der Waals surface area contributed by atoms with Crippen LogP contribution in [0.15, 0.2) is 16.7 Å². The molecule has 112 valence electrons. The van der Waals surface area contributed by atoms with Crippen LogP contribution >= 0.6 is 0 Å². The van der Waals surface area contributed by atoms with E-state index in [1.54, 1.807) is 6.26 Å². The third-order valence-electron chi connectivity index (χ3n) is 4.33. The third kappa shape index (κ3) is 3.63. The maximum absolute atomic E-state index is 11.6. The van der Waals surface area contributed by atoms with Gasteiger partial charge in [0.05, 0.1) is 13.4 Å². The lowest BCUT2D eigenvalue weighted by Crippen LogP contribution is -2.36. The Morgan fingerprint density at radius 1 is 1.45 bits per heavy atom. The van der Waals surface area contributed by atoms with Crippen molar-refractivity contribution in [2.45, 2.75) is 58.0 Å². The Balaban J connectivity index is 1.92. The highest BCUT2D eigenvalue weighted by Crippen LogP contribution is 2.28. The first-order valence-electron chi connectivity index (χ1n) is 7.64. The Hall–Kier alpha value is -1.29. The van der Waals surface area contributed by atoms with Crippen LogP contribution in [0.3, 0.4) is 0 Å². The quantitative estimate of drug-likeness (QED) is 0.810. The van der Waals surface area contributed by atoms with Gasteiger partial charge in [-0.15, -0.1) is 0 Å². The van der Waals surface area contributed by atoms with Crippen molar-refractivity contribution in [3.63, 3.8) is 0 Å². The summed E-state index contributed by atoms with van der Waals surface area (Å²) in [6.07, 6.45) is 9.38. The molecule has 0 spiro atoms. The molecule has 1 aromatic rings. The molecule has 0 saturated heterocycles. The van der Waals surface area contributed by atoms with Crippen LogP contribution in [-0.2, 0) is 11.3 Å². The minimum absolute atomic E-state index is 0.318. The molecule has 2 rings (SSSR count). The number of rotatable bonds is 6. The summed E-state index contributed by atoms with van der Waals surface area (Å²) in [5.41, 5.74) is 0.881. The van der Waals surface area contributed by atoms with E-state index >= 15 is 0 Å². The number of hydrogen-bond acceptors (Lipinski definition) is 4. The molecule has 1 saturated carbocycles. The second-order valence-electron chi connectivity index (χ2n) is 5.56. The number of nitrogens with one attached hydrogen (secondary N) is 1. The lowest BCUT2D eigenvalue weighted by Gasteiger charge is -2.30. The molecule has 1 aliphatic rings. The highest BCUT2D eigenvalue weighted by Gasteiger charge is 2.23. The number of furan rings is 1. The van der Waals surface area contributed by atoms with Crippen molar-refractivity contribution in [2.75, 3.05) is 7.11 Å². The summed E-state index contributed by atoms with van der Waals surface area (Å²) in [5, 5.41) is 3.59. The first-order chi connectivity index (χ1) is 9.76. The molecule has 4 heteroatoms. The molecule has 1 unspecified atom stereocenters. The van der Waals surface area contributed by atoms with E-state index in [-0.39, 0.29) is 0 Å². The van der Waals surface area contributed by atoms with E-state index in [9.17, 15) is 4.79 Å². The molecule has 1 atom stereocenters. The van der Waals surface area contributed by atoms with Gasteiger partial charge in [0.1, 0.15) is 0 Å². The zero-order valence-electron chi connectivity index (χ0n) is 12.5. The van der Waals surface area contributed by atoms with Crippen LogP contribution in [0.25, 0.3) is 0 Å². The molecule has 0 aromatic carbocycles. The molecular weight excluding hydrogens is 254 g/mol. The smallest absolute Gasteiger partial charge is 0.374 e. The minimum Gasteiger partial charge on any atom is -0.463 e. The number of carbonyl (C=O) groups excluding carboxylic acids is 1. The monoisotopic (exact) mass is 279 g/mol. The van der Waals surface area contributed by atoms with Crippen molar-refractivity contribution >= 4 is 5.97 Å². The van der Waals surface area contributed by atoms with E-state index in [0.717, 1.165) is 17.9 Å². The van der Waals surface area contributed by atoms with E-state index in [1.165, 1.54) is 39.2 Å². The van der Waals surface area contributed by atoms with Crippen molar-refractivity contribution in [1.82, 2.24) is 5.32 Å². The van der Waals surface area contributed by atoms with Crippen molar-refractivity contribution in [1.29, 1.82) is 0 Å².